The van der Waals surface area contributed by atoms with E-state index in [4.69, 9.17) is 0 Å². The second-order valence-electron chi connectivity index (χ2n) is 6.07. The van der Waals surface area contributed by atoms with Gasteiger partial charge in [-0.05, 0) is 32.9 Å². The fraction of sp³-hybridized carbons (Fsp3) is 0.667. The first-order chi connectivity index (χ1) is 8.55. The summed E-state index contributed by atoms with van der Waals surface area (Å²) >= 11 is 0. The molecule has 1 fully saturated rings. The Hall–Kier alpha value is -0.930. The van der Waals surface area contributed by atoms with Gasteiger partial charge in [0.15, 0.2) is 0 Å². The molecular formula is C15H25N3. The zero-order valence-corrected chi connectivity index (χ0v) is 11.9. The number of hydrogen-bond acceptors (Lipinski definition) is 3. The van der Waals surface area contributed by atoms with Gasteiger partial charge in [0.2, 0.25) is 0 Å². The molecule has 0 atom stereocenters. The summed E-state index contributed by atoms with van der Waals surface area (Å²) in [6.07, 6.45) is 2.95. The molecule has 1 aliphatic rings. The predicted octanol–water partition coefficient (Wildman–Crippen LogP) is 2.04. The van der Waals surface area contributed by atoms with E-state index < -0.39 is 0 Å². The maximum Gasteiger partial charge on any atom is 0.0416 e. The van der Waals surface area contributed by atoms with E-state index in [9.17, 15) is 0 Å². The van der Waals surface area contributed by atoms with Gasteiger partial charge in [-0.2, -0.15) is 0 Å². The molecule has 0 aromatic carbocycles. The van der Waals surface area contributed by atoms with Crippen molar-refractivity contribution in [3.63, 3.8) is 0 Å². The Morgan fingerprint density at radius 2 is 1.83 bits per heavy atom. The average molecular weight is 247 g/mol. The third-order valence-electron chi connectivity index (χ3n) is 3.73. The molecule has 0 unspecified atom stereocenters. The summed E-state index contributed by atoms with van der Waals surface area (Å²) in [4.78, 5) is 9.51. The quantitative estimate of drug-likeness (QED) is 0.815. The molecule has 1 aromatic rings. The lowest BCUT2D eigenvalue weighted by Gasteiger charge is -2.42. The molecule has 3 heteroatoms. The van der Waals surface area contributed by atoms with Gasteiger partial charge in [0, 0.05) is 56.6 Å². The SMILES string of the molecule is CC(C)(C)N1CCN(CCc2ccccn2)CC1. The number of pyridine rings is 1. The zero-order chi connectivity index (χ0) is 13.0. The summed E-state index contributed by atoms with van der Waals surface area (Å²) in [6.45, 7) is 12.8. The van der Waals surface area contributed by atoms with Crippen molar-refractivity contribution in [2.75, 3.05) is 32.7 Å². The van der Waals surface area contributed by atoms with Crippen molar-refractivity contribution in [2.24, 2.45) is 0 Å². The minimum Gasteiger partial charge on any atom is -0.300 e. The van der Waals surface area contributed by atoms with Gasteiger partial charge in [-0.15, -0.1) is 0 Å². The molecule has 18 heavy (non-hydrogen) atoms. The highest BCUT2D eigenvalue weighted by Crippen LogP contribution is 2.15. The molecule has 1 aromatic heterocycles. The molecule has 1 saturated heterocycles. The normalized spacial score (nSPS) is 19.1. The summed E-state index contributed by atoms with van der Waals surface area (Å²) in [5.41, 5.74) is 1.52. The van der Waals surface area contributed by atoms with Gasteiger partial charge in [0.1, 0.15) is 0 Å². The molecule has 0 saturated carbocycles. The van der Waals surface area contributed by atoms with Crippen molar-refractivity contribution in [3.8, 4) is 0 Å². The minimum atomic E-state index is 0.313. The van der Waals surface area contributed by atoms with Gasteiger partial charge in [-0.1, -0.05) is 6.07 Å². The molecule has 3 nitrogen and oxygen atoms in total. The molecule has 0 amide bonds. The van der Waals surface area contributed by atoms with Crippen molar-refractivity contribution in [1.29, 1.82) is 0 Å². The Morgan fingerprint density at radius 3 is 2.39 bits per heavy atom. The van der Waals surface area contributed by atoms with Crippen LogP contribution in [0.1, 0.15) is 26.5 Å². The number of nitrogens with zero attached hydrogens (tertiary/aromatic N) is 3. The summed E-state index contributed by atoms with van der Waals surface area (Å²) in [5.74, 6) is 0. The Labute approximate surface area is 111 Å². The van der Waals surface area contributed by atoms with Crippen LogP contribution in [-0.4, -0.2) is 53.0 Å². The first kappa shape index (κ1) is 13.5. The number of hydrogen-bond donors (Lipinski definition) is 0. The number of aromatic nitrogens is 1. The van der Waals surface area contributed by atoms with Crippen LogP contribution in [0.4, 0.5) is 0 Å². The molecule has 0 aliphatic carbocycles. The summed E-state index contributed by atoms with van der Waals surface area (Å²) in [7, 11) is 0. The van der Waals surface area contributed by atoms with Crippen LogP contribution in [0, 0.1) is 0 Å². The maximum absolute atomic E-state index is 4.38. The number of rotatable bonds is 3. The van der Waals surface area contributed by atoms with Gasteiger partial charge in [0.25, 0.3) is 0 Å². The van der Waals surface area contributed by atoms with Crippen molar-refractivity contribution in [2.45, 2.75) is 32.7 Å². The molecule has 0 N–H and O–H groups in total. The second-order valence-corrected chi connectivity index (χ2v) is 6.07. The van der Waals surface area contributed by atoms with Crippen LogP contribution in [0.25, 0.3) is 0 Å². The average Bonchev–Trinajstić information content (AvgIpc) is 2.37. The highest BCUT2D eigenvalue weighted by molar-refractivity contribution is 5.03. The van der Waals surface area contributed by atoms with Crippen molar-refractivity contribution < 1.29 is 0 Å². The highest BCUT2D eigenvalue weighted by atomic mass is 15.3. The van der Waals surface area contributed by atoms with Gasteiger partial charge < -0.3 is 4.90 Å². The van der Waals surface area contributed by atoms with Gasteiger partial charge >= 0.3 is 0 Å². The van der Waals surface area contributed by atoms with Crippen LogP contribution < -0.4 is 0 Å². The summed E-state index contributed by atoms with van der Waals surface area (Å²) in [6, 6.07) is 6.16. The third-order valence-corrected chi connectivity index (χ3v) is 3.73. The molecule has 0 radical (unpaired) electrons. The smallest absolute Gasteiger partial charge is 0.0416 e. The molecule has 100 valence electrons. The predicted molar refractivity (Wildman–Crippen MR) is 75.7 cm³/mol. The molecule has 1 aliphatic heterocycles. The topological polar surface area (TPSA) is 19.4 Å². The lowest BCUT2D eigenvalue weighted by atomic mass is 10.0. The van der Waals surface area contributed by atoms with Crippen LogP contribution in [0.2, 0.25) is 0 Å². The first-order valence-corrected chi connectivity index (χ1v) is 6.93. The molecule has 2 heterocycles. The monoisotopic (exact) mass is 247 g/mol. The fourth-order valence-electron chi connectivity index (χ4n) is 2.46. The van der Waals surface area contributed by atoms with Gasteiger partial charge in [-0.3, -0.25) is 9.88 Å². The largest absolute Gasteiger partial charge is 0.300 e. The molecule has 0 spiro atoms. The maximum atomic E-state index is 4.38. The van der Waals surface area contributed by atoms with E-state index in [1.54, 1.807) is 0 Å². The summed E-state index contributed by atoms with van der Waals surface area (Å²) in [5, 5.41) is 0. The van der Waals surface area contributed by atoms with Crippen LogP contribution in [-0.2, 0) is 6.42 Å². The highest BCUT2D eigenvalue weighted by Gasteiger charge is 2.25. The first-order valence-electron chi connectivity index (χ1n) is 6.93. The van der Waals surface area contributed by atoms with Gasteiger partial charge in [0.05, 0.1) is 0 Å². The van der Waals surface area contributed by atoms with E-state index in [0.29, 0.717) is 5.54 Å². The van der Waals surface area contributed by atoms with E-state index in [-0.39, 0.29) is 0 Å². The van der Waals surface area contributed by atoms with Gasteiger partial charge in [-0.25, -0.2) is 0 Å². The minimum absolute atomic E-state index is 0.313. The Bertz CT molecular complexity index is 348. The fourth-order valence-corrected chi connectivity index (χ4v) is 2.46. The van der Waals surface area contributed by atoms with E-state index in [1.807, 2.05) is 12.3 Å². The van der Waals surface area contributed by atoms with Crippen molar-refractivity contribution in [3.05, 3.63) is 30.1 Å². The third kappa shape index (κ3) is 3.79. The molecule has 2 rings (SSSR count). The van der Waals surface area contributed by atoms with E-state index >= 15 is 0 Å². The van der Waals surface area contributed by atoms with Crippen LogP contribution >= 0.6 is 0 Å². The lowest BCUT2D eigenvalue weighted by molar-refractivity contribution is 0.0628. The molecule has 0 bridgehead atoms. The standard InChI is InChI=1S/C15H25N3/c1-15(2,3)18-12-10-17(11-13-18)9-7-14-6-4-5-8-16-14/h4-6,8H,7,9-13H2,1-3H3. The van der Waals surface area contributed by atoms with Crippen molar-refractivity contribution in [1.82, 2.24) is 14.8 Å². The zero-order valence-electron chi connectivity index (χ0n) is 11.9. The van der Waals surface area contributed by atoms with E-state index in [0.717, 1.165) is 13.0 Å². The Morgan fingerprint density at radius 1 is 1.11 bits per heavy atom. The Kier molecular flexibility index (Phi) is 4.36. The summed E-state index contributed by atoms with van der Waals surface area (Å²) < 4.78 is 0. The van der Waals surface area contributed by atoms with E-state index in [2.05, 4.69) is 47.7 Å². The lowest BCUT2D eigenvalue weighted by Crippen LogP contribution is -2.53. The molecular weight excluding hydrogens is 222 g/mol. The van der Waals surface area contributed by atoms with Crippen LogP contribution in [0.3, 0.4) is 0 Å². The van der Waals surface area contributed by atoms with Crippen LogP contribution in [0.5, 0.6) is 0 Å². The van der Waals surface area contributed by atoms with Crippen molar-refractivity contribution >= 4 is 0 Å². The number of piperazine rings is 1. The van der Waals surface area contributed by atoms with Crippen LogP contribution in [0.15, 0.2) is 24.4 Å². The van der Waals surface area contributed by atoms with E-state index in [1.165, 1.54) is 31.9 Å². The Balaban J connectivity index is 1.74. The second kappa shape index (κ2) is 5.81.